The van der Waals surface area contributed by atoms with Crippen molar-refractivity contribution in [3.8, 4) is 0 Å². The van der Waals surface area contributed by atoms with Gasteiger partial charge in [-0.2, -0.15) is 5.10 Å². The highest BCUT2D eigenvalue weighted by molar-refractivity contribution is 7.89. The van der Waals surface area contributed by atoms with Gasteiger partial charge in [-0.25, -0.2) is 13.1 Å². The van der Waals surface area contributed by atoms with Gasteiger partial charge in [0.25, 0.3) is 10.0 Å². The number of aromatic nitrogens is 2. The van der Waals surface area contributed by atoms with Crippen LogP contribution in [0.3, 0.4) is 0 Å². The number of nitrogens with zero attached hydrogens (tertiary/aromatic N) is 2. The third-order valence-electron chi connectivity index (χ3n) is 2.02. The molecule has 0 spiro atoms. The second-order valence-electron chi connectivity index (χ2n) is 3.63. The van der Waals surface area contributed by atoms with Gasteiger partial charge in [-0.05, 0) is 14.1 Å². The Morgan fingerprint density at radius 3 is 2.81 bits per heavy atom. The average molecular weight is 247 g/mol. The number of sulfonamides is 1. The largest absolute Gasteiger partial charge is 0.326 e. The van der Waals surface area contributed by atoms with E-state index in [1.165, 1.54) is 6.20 Å². The maximum absolute atomic E-state index is 11.8. The molecule has 0 fully saturated rings. The Balaban J connectivity index is 2.71. The number of rotatable bonds is 6. The van der Waals surface area contributed by atoms with E-state index in [4.69, 9.17) is 5.73 Å². The number of aromatic amines is 1. The third kappa shape index (κ3) is 3.27. The van der Waals surface area contributed by atoms with Crippen LogP contribution in [-0.2, 0) is 16.6 Å². The van der Waals surface area contributed by atoms with E-state index in [0.29, 0.717) is 18.7 Å². The molecule has 0 aliphatic carbocycles. The first kappa shape index (κ1) is 13.1. The lowest BCUT2D eigenvalue weighted by Crippen LogP contribution is -2.32. The standard InChI is InChI=1S/C8H17N5O2S/c1-13(2)4-3-11-16(14,15)8-7(5-9)6-10-12-8/h6,11H,3-5,9H2,1-2H3,(H,10,12). The van der Waals surface area contributed by atoms with Crippen molar-refractivity contribution in [3.63, 3.8) is 0 Å². The highest BCUT2D eigenvalue weighted by atomic mass is 32.2. The Morgan fingerprint density at radius 1 is 1.56 bits per heavy atom. The van der Waals surface area contributed by atoms with Gasteiger partial charge in [-0.3, -0.25) is 5.10 Å². The molecule has 16 heavy (non-hydrogen) atoms. The van der Waals surface area contributed by atoms with Gasteiger partial charge in [0, 0.05) is 25.2 Å². The highest BCUT2D eigenvalue weighted by Crippen LogP contribution is 2.10. The van der Waals surface area contributed by atoms with E-state index in [9.17, 15) is 8.42 Å². The first-order chi connectivity index (χ1) is 7.47. The van der Waals surface area contributed by atoms with E-state index in [2.05, 4.69) is 14.9 Å². The molecule has 0 unspecified atom stereocenters. The molecule has 0 aliphatic rings. The molecule has 1 heterocycles. The molecule has 1 rings (SSSR count). The minimum Gasteiger partial charge on any atom is -0.326 e. The first-order valence-corrected chi connectivity index (χ1v) is 6.32. The van der Waals surface area contributed by atoms with Crippen molar-refractivity contribution in [3.05, 3.63) is 11.8 Å². The summed E-state index contributed by atoms with van der Waals surface area (Å²) in [4.78, 5) is 1.89. The first-order valence-electron chi connectivity index (χ1n) is 4.84. The molecule has 8 heteroatoms. The number of H-pyrrole nitrogens is 1. The van der Waals surface area contributed by atoms with Gasteiger partial charge >= 0.3 is 0 Å². The van der Waals surface area contributed by atoms with E-state index >= 15 is 0 Å². The Kier molecular flexibility index (Phi) is 4.42. The maximum Gasteiger partial charge on any atom is 0.257 e. The Morgan fingerprint density at radius 2 is 2.25 bits per heavy atom. The van der Waals surface area contributed by atoms with E-state index in [0.717, 1.165) is 0 Å². The summed E-state index contributed by atoms with van der Waals surface area (Å²) in [5.41, 5.74) is 5.89. The van der Waals surface area contributed by atoms with E-state index in [-0.39, 0.29) is 11.6 Å². The fourth-order valence-electron chi connectivity index (χ4n) is 1.15. The summed E-state index contributed by atoms with van der Waals surface area (Å²) in [6, 6.07) is 0. The van der Waals surface area contributed by atoms with Gasteiger partial charge < -0.3 is 10.6 Å². The lowest BCUT2D eigenvalue weighted by Gasteiger charge is -2.10. The average Bonchev–Trinajstić information content (AvgIpc) is 2.64. The van der Waals surface area contributed by atoms with Crippen LogP contribution < -0.4 is 10.5 Å². The molecule has 0 aliphatic heterocycles. The van der Waals surface area contributed by atoms with Crippen molar-refractivity contribution in [1.29, 1.82) is 0 Å². The van der Waals surface area contributed by atoms with Gasteiger partial charge in [0.2, 0.25) is 0 Å². The van der Waals surface area contributed by atoms with Crippen molar-refractivity contribution in [2.45, 2.75) is 11.6 Å². The number of nitrogens with one attached hydrogen (secondary N) is 2. The molecule has 0 bridgehead atoms. The van der Waals surface area contributed by atoms with Gasteiger partial charge in [-0.1, -0.05) is 0 Å². The summed E-state index contributed by atoms with van der Waals surface area (Å²) < 4.78 is 26.1. The summed E-state index contributed by atoms with van der Waals surface area (Å²) in [5.74, 6) is 0. The summed E-state index contributed by atoms with van der Waals surface area (Å²) in [6.45, 7) is 1.12. The molecular formula is C8H17N5O2S. The fraction of sp³-hybridized carbons (Fsp3) is 0.625. The van der Waals surface area contributed by atoms with Gasteiger partial charge in [0.15, 0.2) is 5.03 Å². The van der Waals surface area contributed by atoms with E-state index in [1.54, 1.807) is 0 Å². The van der Waals surface area contributed by atoms with Crippen LogP contribution in [0.5, 0.6) is 0 Å². The minimum absolute atomic E-state index is 0.0498. The molecule has 0 amide bonds. The number of nitrogens with two attached hydrogens (primary N) is 1. The van der Waals surface area contributed by atoms with Crippen molar-refractivity contribution < 1.29 is 8.42 Å². The molecule has 1 aromatic heterocycles. The van der Waals surface area contributed by atoms with Gasteiger partial charge in [0.05, 0.1) is 6.20 Å². The Bertz CT molecular complexity index is 425. The molecule has 0 atom stereocenters. The number of likely N-dealkylation sites (N-methyl/N-ethyl adjacent to an activating group) is 1. The van der Waals surface area contributed by atoms with Gasteiger partial charge in [-0.15, -0.1) is 0 Å². The minimum atomic E-state index is -3.53. The molecule has 92 valence electrons. The maximum atomic E-state index is 11.8. The normalized spacial score (nSPS) is 12.2. The number of hydrogen-bond acceptors (Lipinski definition) is 5. The molecular weight excluding hydrogens is 230 g/mol. The molecule has 0 saturated carbocycles. The van der Waals surface area contributed by atoms with Crippen LogP contribution in [0.2, 0.25) is 0 Å². The molecule has 0 radical (unpaired) electrons. The van der Waals surface area contributed by atoms with E-state index in [1.807, 2.05) is 19.0 Å². The predicted molar refractivity (Wildman–Crippen MR) is 60.2 cm³/mol. The Hall–Kier alpha value is -0.960. The van der Waals surface area contributed by atoms with E-state index < -0.39 is 10.0 Å². The highest BCUT2D eigenvalue weighted by Gasteiger charge is 2.19. The Labute approximate surface area is 95.1 Å². The molecule has 7 nitrogen and oxygen atoms in total. The second-order valence-corrected chi connectivity index (χ2v) is 5.33. The van der Waals surface area contributed by atoms with Crippen molar-refractivity contribution in [1.82, 2.24) is 19.8 Å². The zero-order valence-electron chi connectivity index (χ0n) is 9.40. The zero-order chi connectivity index (χ0) is 12.2. The zero-order valence-corrected chi connectivity index (χ0v) is 10.2. The molecule has 4 N–H and O–H groups in total. The van der Waals surface area contributed by atoms with Crippen LogP contribution in [-0.4, -0.2) is 50.7 Å². The van der Waals surface area contributed by atoms with Crippen molar-refractivity contribution in [2.75, 3.05) is 27.2 Å². The number of hydrogen-bond donors (Lipinski definition) is 3. The predicted octanol–water partition coefficient (Wildman–Crippen LogP) is -1.29. The summed E-state index contributed by atoms with van der Waals surface area (Å²) in [7, 11) is 0.212. The monoisotopic (exact) mass is 247 g/mol. The topological polar surface area (TPSA) is 104 Å². The summed E-state index contributed by atoms with van der Waals surface area (Å²) in [6.07, 6.45) is 1.42. The quantitative estimate of drug-likeness (QED) is 0.580. The van der Waals surface area contributed by atoms with Crippen LogP contribution in [0.15, 0.2) is 11.2 Å². The van der Waals surface area contributed by atoms with Crippen LogP contribution in [0.4, 0.5) is 0 Å². The summed E-state index contributed by atoms with van der Waals surface area (Å²) in [5, 5.41) is 6.16. The lowest BCUT2D eigenvalue weighted by molar-refractivity contribution is 0.412. The SMILES string of the molecule is CN(C)CCNS(=O)(=O)c1[nH]ncc1CN. The van der Waals surface area contributed by atoms with Gasteiger partial charge in [0.1, 0.15) is 0 Å². The van der Waals surface area contributed by atoms with Crippen LogP contribution in [0.1, 0.15) is 5.56 Å². The van der Waals surface area contributed by atoms with Crippen LogP contribution >= 0.6 is 0 Å². The third-order valence-corrected chi connectivity index (χ3v) is 3.49. The summed E-state index contributed by atoms with van der Waals surface area (Å²) >= 11 is 0. The van der Waals surface area contributed by atoms with Crippen molar-refractivity contribution >= 4 is 10.0 Å². The van der Waals surface area contributed by atoms with Crippen LogP contribution in [0.25, 0.3) is 0 Å². The van der Waals surface area contributed by atoms with Crippen LogP contribution in [0, 0.1) is 0 Å². The van der Waals surface area contributed by atoms with Crippen molar-refractivity contribution in [2.24, 2.45) is 5.73 Å². The molecule has 1 aromatic rings. The lowest BCUT2D eigenvalue weighted by atomic mass is 10.4. The smallest absolute Gasteiger partial charge is 0.257 e. The second kappa shape index (κ2) is 5.39. The molecule has 0 saturated heterocycles. The molecule has 0 aromatic carbocycles. The fourth-order valence-corrected chi connectivity index (χ4v) is 2.31.